The van der Waals surface area contributed by atoms with Crippen molar-refractivity contribution in [3.8, 4) is 0 Å². The van der Waals surface area contributed by atoms with Gasteiger partial charge in [-0.15, -0.1) is 0 Å². The van der Waals surface area contributed by atoms with Gasteiger partial charge in [0.1, 0.15) is 10.6 Å². The SMILES string of the molecule is CNC(c1cccnc1Br)C(F)(F)F. The third-order valence-electron chi connectivity index (χ3n) is 1.71. The summed E-state index contributed by atoms with van der Waals surface area (Å²) in [5.41, 5.74) is 0.0856. The number of hydrogen-bond acceptors (Lipinski definition) is 2. The summed E-state index contributed by atoms with van der Waals surface area (Å²) in [5.74, 6) is 0. The first-order chi connectivity index (χ1) is 6.46. The van der Waals surface area contributed by atoms with Gasteiger partial charge < -0.3 is 5.32 Å². The molecule has 0 saturated heterocycles. The second-order valence-corrected chi connectivity index (χ2v) is 3.40. The largest absolute Gasteiger partial charge is 0.407 e. The molecule has 14 heavy (non-hydrogen) atoms. The van der Waals surface area contributed by atoms with Gasteiger partial charge in [0.25, 0.3) is 0 Å². The van der Waals surface area contributed by atoms with E-state index in [0.29, 0.717) is 0 Å². The predicted octanol–water partition coefficient (Wildman–Crippen LogP) is 2.67. The number of rotatable bonds is 2. The Bertz CT molecular complexity index is 314. The van der Waals surface area contributed by atoms with Crippen LogP contribution >= 0.6 is 15.9 Å². The fourth-order valence-corrected chi connectivity index (χ4v) is 1.59. The van der Waals surface area contributed by atoms with E-state index < -0.39 is 12.2 Å². The van der Waals surface area contributed by atoms with E-state index in [1.165, 1.54) is 25.4 Å². The van der Waals surface area contributed by atoms with E-state index in [0.717, 1.165) is 0 Å². The third kappa shape index (κ3) is 2.45. The van der Waals surface area contributed by atoms with Gasteiger partial charge in [0.05, 0.1) is 0 Å². The molecular formula is C8H8BrF3N2. The van der Waals surface area contributed by atoms with Crippen molar-refractivity contribution >= 4 is 15.9 Å². The maximum Gasteiger partial charge on any atom is 0.407 e. The molecule has 1 N–H and O–H groups in total. The van der Waals surface area contributed by atoms with E-state index in [1.807, 2.05) is 0 Å². The molecule has 1 unspecified atom stereocenters. The Morgan fingerprint density at radius 1 is 1.50 bits per heavy atom. The molecular weight excluding hydrogens is 261 g/mol. The minimum Gasteiger partial charge on any atom is -0.305 e. The van der Waals surface area contributed by atoms with E-state index >= 15 is 0 Å². The monoisotopic (exact) mass is 268 g/mol. The molecule has 1 atom stereocenters. The zero-order chi connectivity index (χ0) is 10.8. The van der Waals surface area contributed by atoms with Crippen LogP contribution in [0.5, 0.6) is 0 Å². The van der Waals surface area contributed by atoms with Crippen LogP contribution in [0.2, 0.25) is 0 Å². The number of halogens is 4. The van der Waals surface area contributed by atoms with Gasteiger partial charge in [-0.05, 0) is 29.0 Å². The van der Waals surface area contributed by atoms with Crippen molar-refractivity contribution in [1.29, 1.82) is 0 Å². The van der Waals surface area contributed by atoms with Crippen molar-refractivity contribution in [3.05, 3.63) is 28.5 Å². The lowest BCUT2D eigenvalue weighted by atomic mass is 10.1. The van der Waals surface area contributed by atoms with Crippen LogP contribution in [0.4, 0.5) is 13.2 Å². The third-order valence-corrected chi connectivity index (χ3v) is 2.38. The van der Waals surface area contributed by atoms with Gasteiger partial charge in [0, 0.05) is 11.8 Å². The minimum atomic E-state index is -4.32. The first-order valence-electron chi connectivity index (χ1n) is 3.81. The van der Waals surface area contributed by atoms with Crippen molar-refractivity contribution in [1.82, 2.24) is 10.3 Å². The summed E-state index contributed by atoms with van der Waals surface area (Å²) >= 11 is 2.98. The molecule has 1 rings (SSSR count). The Kier molecular flexibility index (Phi) is 3.49. The van der Waals surface area contributed by atoms with Crippen LogP contribution in [0.3, 0.4) is 0 Å². The molecule has 0 bridgehead atoms. The van der Waals surface area contributed by atoms with Crippen molar-refractivity contribution < 1.29 is 13.2 Å². The molecule has 0 aliphatic heterocycles. The van der Waals surface area contributed by atoms with Gasteiger partial charge in [-0.3, -0.25) is 0 Å². The molecule has 6 heteroatoms. The van der Waals surface area contributed by atoms with Gasteiger partial charge >= 0.3 is 6.18 Å². The second kappa shape index (κ2) is 4.27. The average Bonchev–Trinajstić information content (AvgIpc) is 2.07. The zero-order valence-corrected chi connectivity index (χ0v) is 8.85. The number of hydrogen-bond donors (Lipinski definition) is 1. The van der Waals surface area contributed by atoms with Crippen molar-refractivity contribution in [2.45, 2.75) is 12.2 Å². The molecule has 1 heterocycles. The first kappa shape index (κ1) is 11.5. The Hall–Kier alpha value is -0.620. The molecule has 0 amide bonds. The Morgan fingerprint density at radius 3 is 2.57 bits per heavy atom. The lowest BCUT2D eigenvalue weighted by Crippen LogP contribution is -2.32. The zero-order valence-electron chi connectivity index (χ0n) is 7.27. The van der Waals surface area contributed by atoms with Crippen LogP contribution in [0.1, 0.15) is 11.6 Å². The van der Waals surface area contributed by atoms with E-state index in [4.69, 9.17) is 0 Å². The average molecular weight is 269 g/mol. The lowest BCUT2D eigenvalue weighted by Gasteiger charge is -2.20. The highest BCUT2D eigenvalue weighted by atomic mass is 79.9. The van der Waals surface area contributed by atoms with Crippen molar-refractivity contribution in [2.75, 3.05) is 7.05 Å². The van der Waals surface area contributed by atoms with E-state index in [-0.39, 0.29) is 10.2 Å². The molecule has 0 saturated carbocycles. The molecule has 0 aliphatic carbocycles. The van der Waals surface area contributed by atoms with E-state index in [1.54, 1.807) is 0 Å². The molecule has 0 aliphatic rings. The minimum absolute atomic E-state index is 0.0856. The van der Waals surface area contributed by atoms with Gasteiger partial charge in [0.15, 0.2) is 0 Å². The smallest absolute Gasteiger partial charge is 0.305 e. The summed E-state index contributed by atoms with van der Waals surface area (Å²) < 4.78 is 37.6. The number of nitrogens with zero attached hydrogens (tertiary/aromatic N) is 1. The highest BCUT2D eigenvalue weighted by molar-refractivity contribution is 9.10. The van der Waals surface area contributed by atoms with Crippen LogP contribution in [-0.4, -0.2) is 18.2 Å². The molecule has 0 fully saturated rings. The summed E-state index contributed by atoms with van der Waals surface area (Å²) in [7, 11) is 1.26. The second-order valence-electron chi connectivity index (χ2n) is 2.65. The molecule has 78 valence electrons. The summed E-state index contributed by atoms with van der Waals surface area (Å²) in [5, 5.41) is 2.20. The Labute approximate surface area is 87.7 Å². The van der Waals surface area contributed by atoms with Crippen LogP contribution in [0.25, 0.3) is 0 Å². The van der Waals surface area contributed by atoms with Crippen LogP contribution in [0, 0.1) is 0 Å². The standard InChI is InChI=1S/C8H8BrF3N2/c1-13-6(8(10,11)12)5-3-2-4-14-7(5)9/h2-4,6,13H,1H3. The molecule has 0 radical (unpaired) electrons. The highest BCUT2D eigenvalue weighted by Crippen LogP contribution is 2.34. The summed E-state index contributed by atoms with van der Waals surface area (Å²) in [4.78, 5) is 3.74. The van der Waals surface area contributed by atoms with Crippen molar-refractivity contribution in [3.63, 3.8) is 0 Å². The number of pyridine rings is 1. The topological polar surface area (TPSA) is 24.9 Å². The molecule has 0 spiro atoms. The summed E-state index contributed by atoms with van der Waals surface area (Å²) in [6.07, 6.45) is -2.89. The summed E-state index contributed by atoms with van der Waals surface area (Å²) in [6, 6.07) is 1.16. The number of nitrogens with one attached hydrogen (secondary N) is 1. The Morgan fingerprint density at radius 2 is 2.14 bits per heavy atom. The molecule has 0 aromatic carbocycles. The quantitative estimate of drug-likeness (QED) is 0.835. The van der Waals surface area contributed by atoms with Crippen LogP contribution < -0.4 is 5.32 Å². The maximum absolute atomic E-state index is 12.5. The molecule has 2 nitrogen and oxygen atoms in total. The van der Waals surface area contributed by atoms with Gasteiger partial charge in [-0.1, -0.05) is 6.07 Å². The molecule has 1 aromatic heterocycles. The van der Waals surface area contributed by atoms with Gasteiger partial charge in [-0.25, -0.2) is 4.98 Å². The normalized spacial score (nSPS) is 14.1. The number of alkyl halides is 3. The highest BCUT2D eigenvalue weighted by Gasteiger charge is 2.40. The number of aromatic nitrogens is 1. The maximum atomic E-state index is 12.5. The van der Waals surface area contributed by atoms with E-state index in [9.17, 15) is 13.2 Å². The lowest BCUT2D eigenvalue weighted by molar-refractivity contribution is -0.156. The van der Waals surface area contributed by atoms with Crippen LogP contribution in [0.15, 0.2) is 22.9 Å². The summed E-state index contributed by atoms with van der Waals surface area (Å²) in [6.45, 7) is 0. The van der Waals surface area contributed by atoms with Crippen LogP contribution in [-0.2, 0) is 0 Å². The van der Waals surface area contributed by atoms with Gasteiger partial charge in [0.2, 0.25) is 0 Å². The Balaban J connectivity index is 3.08. The predicted molar refractivity (Wildman–Crippen MR) is 49.8 cm³/mol. The fourth-order valence-electron chi connectivity index (χ4n) is 1.11. The molecule has 1 aromatic rings. The van der Waals surface area contributed by atoms with Crippen molar-refractivity contribution in [2.24, 2.45) is 0 Å². The first-order valence-corrected chi connectivity index (χ1v) is 4.60. The fraction of sp³-hybridized carbons (Fsp3) is 0.375. The van der Waals surface area contributed by atoms with Gasteiger partial charge in [-0.2, -0.15) is 13.2 Å². The van der Waals surface area contributed by atoms with E-state index in [2.05, 4.69) is 26.2 Å².